The minimum Gasteiger partial charge on any atom is -0.495 e. The van der Waals surface area contributed by atoms with E-state index in [9.17, 15) is 22.8 Å². The first-order chi connectivity index (χ1) is 12.7. The Morgan fingerprint density at radius 3 is 2.48 bits per heavy atom. The highest BCUT2D eigenvalue weighted by Crippen LogP contribution is 2.35. The minimum atomic E-state index is -4.51. The van der Waals surface area contributed by atoms with E-state index in [1.54, 1.807) is 11.8 Å². The third-order valence-corrected chi connectivity index (χ3v) is 4.93. The summed E-state index contributed by atoms with van der Waals surface area (Å²) in [5, 5.41) is 2.56. The van der Waals surface area contributed by atoms with Gasteiger partial charge in [0.2, 0.25) is 11.8 Å². The first-order valence-electron chi connectivity index (χ1n) is 8.64. The maximum atomic E-state index is 12.9. The van der Waals surface area contributed by atoms with Crippen molar-refractivity contribution in [3.8, 4) is 5.75 Å². The molecule has 27 heavy (non-hydrogen) atoms. The zero-order chi connectivity index (χ0) is 20.2. The zero-order valence-electron chi connectivity index (χ0n) is 15.3. The van der Waals surface area contributed by atoms with Crippen molar-refractivity contribution in [1.29, 1.82) is 0 Å². The van der Waals surface area contributed by atoms with Gasteiger partial charge >= 0.3 is 6.18 Å². The highest BCUT2D eigenvalue weighted by atomic mass is 19.4. The first-order valence-corrected chi connectivity index (χ1v) is 8.64. The van der Waals surface area contributed by atoms with Crippen LogP contribution in [0.15, 0.2) is 30.9 Å². The number of hydrogen-bond acceptors (Lipinski definition) is 3. The fraction of sp³-hybridized carbons (Fsp3) is 0.474. The molecule has 1 saturated heterocycles. The molecule has 2 amide bonds. The van der Waals surface area contributed by atoms with E-state index in [1.807, 2.05) is 0 Å². The fourth-order valence-electron chi connectivity index (χ4n) is 3.19. The van der Waals surface area contributed by atoms with Crippen LogP contribution in [0.1, 0.15) is 25.3 Å². The number of alkyl halides is 3. The lowest BCUT2D eigenvalue weighted by Gasteiger charge is -2.34. The molecule has 2 rings (SSSR count). The summed E-state index contributed by atoms with van der Waals surface area (Å²) in [5.74, 6) is -0.726. The highest BCUT2D eigenvalue weighted by Gasteiger charge is 2.33. The Morgan fingerprint density at radius 1 is 1.33 bits per heavy atom. The van der Waals surface area contributed by atoms with E-state index in [-0.39, 0.29) is 29.2 Å². The second kappa shape index (κ2) is 8.45. The van der Waals surface area contributed by atoms with Crippen molar-refractivity contribution in [3.05, 3.63) is 36.4 Å². The van der Waals surface area contributed by atoms with E-state index in [1.165, 1.54) is 19.3 Å². The van der Waals surface area contributed by atoms with E-state index in [2.05, 4.69) is 11.9 Å². The topological polar surface area (TPSA) is 58.6 Å². The molecule has 148 valence electrons. The molecule has 0 aromatic heterocycles. The third-order valence-electron chi connectivity index (χ3n) is 4.93. The number of methoxy groups -OCH3 is 1. The number of carbonyl (C=O) groups is 2. The number of halogens is 3. The van der Waals surface area contributed by atoms with Gasteiger partial charge in [-0.15, -0.1) is 0 Å². The number of carbonyl (C=O) groups excluding carboxylic acids is 2. The van der Waals surface area contributed by atoms with Gasteiger partial charge < -0.3 is 15.0 Å². The molecule has 1 aliphatic rings. The molecule has 8 heteroatoms. The van der Waals surface area contributed by atoms with Crippen LogP contribution in [0, 0.1) is 11.8 Å². The molecule has 1 unspecified atom stereocenters. The van der Waals surface area contributed by atoms with E-state index >= 15 is 0 Å². The van der Waals surface area contributed by atoms with Crippen molar-refractivity contribution in [1.82, 2.24) is 4.90 Å². The average molecular weight is 384 g/mol. The normalized spacial score (nSPS) is 16.6. The highest BCUT2D eigenvalue weighted by molar-refractivity contribution is 5.94. The van der Waals surface area contributed by atoms with Crippen LogP contribution < -0.4 is 10.1 Å². The Kier molecular flexibility index (Phi) is 6.51. The molecule has 0 spiro atoms. The zero-order valence-corrected chi connectivity index (χ0v) is 15.3. The molecule has 0 bridgehead atoms. The predicted octanol–water partition coefficient (Wildman–Crippen LogP) is 3.71. The number of piperidine rings is 1. The maximum absolute atomic E-state index is 12.9. The molecule has 1 N–H and O–H groups in total. The average Bonchev–Trinajstić information content (AvgIpc) is 2.66. The van der Waals surface area contributed by atoms with Crippen molar-refractivity contribution in [2.45, 2.75) is 25.9 Å². The molecule has 1 aromatic rings. The third kappa shape index (κ3) is 5.02. The van der Waals surface area contributed by atoms with Crippen molar-refractivity contribution >= 4 is 17.5 Å². The SMILES string of the molecule is C=CC(=O)N1CCC(C(C)C(=O)Nc2cc(C(F)(F)F)ccc2OC)CC1. The number of rotatable bonds is 5. The van der Waals surface area contributed by atoms with Crippen LogP contribution in [0.3, 0.4) is 0 Å². The van der Waals surface area contributed by atoms with Gasteiger partial charge in [-0.25, -0.2) is 0 Å². The molecule has 5 nitrogen and oxygen atoms in total. The Balaban J connectivity index is 2.06. The molecule has 0 aliphatic carbocycles. The summed E-state index contributed by atoms with van der Waals surface area (Å²) < 4.78 is 43.8. The lowest BCUT2D eigenvalue weighted by Crippen LogP contribution is -2.40. The van der Waals surface area contributed by atoms with Gasteiger partial charge in [0.05, 0.1) is 18.4 Å². The van der Waals surface area contributed by atoms with Crippen LogP contribution in [0.25, 0.3) is 0 Å². The summed E-state index contributed by atoms with van der Waals surface area (Å²) in [6.45, 7) is 6.26. The first kappa shape index (κ1) is 20.8. The van der Waals surface area contributed by atoms with Gasteiger partial charge in [0.25, 0.3) is 0 Å². The summed E-state index contributed by atoms with van der Waals surface area (Å²) in [7, 11) is 1.33. The van der Waals surface area contributed by atoms with Crippen LogP contribution in [0.5, 0.6) is 5.75 Å². The number of nitrogens with zero attached hydrogens (tertiary/aromatic N) is 1. The fourth-order valence-corrected chi connectivity index (χ4v) is 3.19. The monoisotopic (exact) mass is 384 g/mol. The van der Waals surface area contributed by atoms with Crippen molar-refractivity contribution in [3.63, 3.8) is 0 Å². The van der Waals surface area contributed by atoms with Gasteiger partial charge in [0.1, 0.15) is 5.75 Å². The number of anilines is 1. The Morgan fingerprint density at radius 2 is 1.96 bits per heavy atom. The Hall–Kier alpha value is -2.51. The van der Waals surface area contributed by atoms with Crippen LogP contribution in [0.4, 0.5) is 18.9 Å². The molecule has 1 aliphatic heterocycles. The number of nitrogens with one attached hydrogen (secondary N) is 1. The van der Waals surface area contributed by atoms with Gasteiger partial charge in [0.15, 0.2) is 0 Å². The van der Waals surface area contributed by atoms with Crippen molar-refractivity contribution in [2.24, 2.45) is 11.8 Å². The molecule has 1 atom stereocenters. The largest absolute Gasteiger partial charge is 0.495 e. The quantitative estimate of drug-likeness (QED) is 0.788. The molecule has 1 heterocycles. The minimum absolute atomic E-state index is 0.0107. The molecular formula is C19H23F3N2O3. The smallest absolute Gasteiger partial charge is 0.416 e. The predicted molar refractivity (Wildman–Crippen MR) is 95.3 cm³/mol. The van der Waals surface area contributed by atoms with E-state index in [4.69, 9.17) is 4.74 Å². The van der Waals surface area contributed by atoms with Gasteiger partial charge in [-0.1, -0.05) is 13.5 Å². The van der Waals surface area contributed by atoms with E-state index < -0.39 is 17.7 Å². The van der Waals surface area contributed by atoms with Gasteiger partial charge in [-0.05, 0) is 43.0 Å². The molecule has 1 fully saturated rings. The number of amides is 2. The lowest BCUT2D eigenvalue weighted by molar-refractivity contribution is -0.137. The second-order valence-electron chi connectivity index (χ2n) is 6.56. The molecular weight excluding hydrogens is 361 g/mol. The molecule has 1 aromatic carbocycles. The van der Waals surface area contributed by atoms with Crippen LogP contribution in [-0.2, 0) is 15.8 Å². The van der Waals surface area contributed by atoms with Crippen LogP contribution in [-0.4, -0.2) is 36.9 Å². The standard InChI is InChI=1S/C19H23F3N2O3/c1-4-17(25)24-9-7-13(8-10-24)12(2)18(26)23-15-11-14(19(20,21)22)5-6-16(15)27-3/h4-6,11-13H,1,7-10H2,2-3H3,(H,23,26). The Labute approximate surface area is 156 Å². The van der Waals surface area contributed by atoms with Crippen molar-refractivity contribution in [2.75, 3.05) is 25.5 Å². The second-order valence-corrected chi connectivity index (χ2v) is 6.56. The van der Waals surface area contributed by atoms with Gasteiger partial charge in [0, 0.05) is 19.0 Å². The number of hydrogen-bond donors (Lipinski definition) is 1. The summed E-state index contributed by atoms with van der Waals surface area (Å²) in [6, 6.07) is 2.96. The summed E-state index contributed by atoms with van der Waals surface area (Å²) in [4.78, 5) is 25.9. The summed E-state index contributed by atoms with van der Waals surface area (Å²) >= 11 is 0. The van der Waals surface area contributed by atoms with E-state index in [0.29, 0.717) is 25.9 Å². The van der Waals surface area contributed by atoms with E-state index in [0.717, 1.165) is 12.1 Å². The lowest BCUT2D eigenvalue weighted by atomic mass is 9.84. The Bertz CT molecular complexity index is 711. The van der Waals surface area contributed by atoms with Crippen LogP contribution >= 0.6 is 0 Å². The maximum Gasteiger partial charge on any atom is 0.416 e. The number of benzene rings is 1. The number of likely N-dealkylation sites (tertiary alicyclic amines) is 1. The van der Waals surface area contributed by atoms with Crippen molar-refractivity contribution < 1.29 is 27.5 Å². The van der Waals surface area contributed by atoms with Gasteiger partial charge in [-0.3, -0.25) is 9.59 Å². The van der Waals surface area contributed by atoms with Gasteiger partial charge in [-0.2, -0.15) is 13.2 Å². The van der Waals surface area contributed by atoms with Crippen LogP contribution in [0.2, 0.25) is 0 Å². The summed E-state index contributed by atoms with van der Waals surface area (Å²) in [6.07, 6.45) is -1.96. The number of ether oxygens (including phenoxy) is 1. The summed E-state index contributed by atoms with van der Waals surface area (Å²) in [5.41, 5.74) is -0.869. The molecule has 0 radical (unpaired) electrons. The molecule has 0 saturated carbocycles.